The molecule has 2 aromatic rings. The number of thioether (sulfide) groups is 1. The molecule has 2 rings (SSSR count). The molecule has 0 saturated carbocycles. The third kappa shape index (κ3) is 4.85. The number of ether oxygens (including phenoxy) is 1. The van der Waals surface area contributed by atoms with Crippen molar-refractivity contribution in [2.45, 2.75) is 18.7 Å². The summed E-state index contributed by atoms with van der Waals surface area (Å²) in [6, 6.07) is 11.0. The Morgan fingerprint density at radius 3 is 2.50 bits per heavy atom. The topological polar surface area (TPSA) is 55.4 Å². The minimum absolute atomic E-state index is 0.0868. The maximum absolute atomic E-state index is 12.2. The highest BCUT2D eigenvalue weighted by Crippen LogP contribution is 2.25. The van der Waals surface area contributed by atoms with Crippen molar-refractivity contribution in [1.82, 2.24) is 0 Å². The lowest BCUT2D eigenvalue weighted by Gasteiger charge is -2.10. The molecule has 0 heterocycles. The van der Waals surface area contributed by atoms with E-state index >= 15 is 0 Å². The standard InChI is InChI=1S/C18H18BrNO3S/c1-11-8-13(18(22)23-3)4-6-15(11)20-17(21)10-24-16-7-5-14(19)9-12(16)2/h4-9H,10H2,1-3H3,(H,20,21). The van der Waals surface area contributed by atoms with E-state index in [1.54, 1.807) is 18.2 Å². The summed E-state index contributed by atoms with van der Waals surface area (Å²) in [5.74, 6) is -0.158. The van der Waals surface area contributed by atoms with Gasteiger partial charge in [-0.05, 0) is 61.4 Å². The summed E-state index contributed by atoms with van der Waals surface area (Å²) in [5.41, 5.74) is 3.10. The van der Waals surface area contributed by atoms with E-state index in [2.05, 4.69) is 26.0 Å². The first-order valence-electron chi connectivity index (χ1n) is 7.28. The molecule has 0 aliphatic rings. The van der Waals surface area contributed by atoms with Crippen LogP contribution in [0, 0.1) is 13.8 Å². The second kappa shape index (κ2) is 8.35. The van der Waals surface area contributed by atoms with E-state index in [-0.39, 0.29) is 5.91 Å². The Morgan fingerprint density at radius 2 is 1.88 bits per heavy atom. The normalized spacial score (nSPS) is 10.3. The smallest absolute Gasteiger partial charge is 0.337 e. The molecule has 0 aliphatic heterocycles. The molecule has 1 amide bonds. The van der Waals surface area contributed by atoms with Crippen LogP contribution in [0.1, 0.15) is 21.5 Å². The number of rotatable bonds is 5. The molecule has 126 valence electrons. The zero-order valence-corrected chi connectivity index (χ0v) is 16.1. The van der Waals surface area contributed by atoms with Crippen LogP contribution in [0.2, 0.25) is 0 Å². The zero-order chi connectivity index (χ0) is 17.7. The first-order chi connectivity index (χ1) is 11.4. The number of methoxy groups -OCH3 is 1. The van der Waals surface area contributed by atoms with E-state index in [4.69, 9.17) is 0 Å². The molecule has 6 heteroatoms. The quantitative estimate of drug-likeness (QED) is 0.581. The molecular weight excluding hydrogens is 390 g/mol. The maximum Gasteiger partial charge on any atom is 0.337 e. The van der Waals surface area contributed by atoms with Gasteiger partial charge in [-0.15, -0.1) is 11.8 Å². The van der Waals surface area contributed by atoms with E-state index in [1.165, 1.54) is 18.9 Å². The molecule has 0 unspecified atom stereocenters. The van der Waals surface area contributed by atoms with Crippen LogP contribution in [-0.4, -0.2) is 24.7 Å². The van der Waals surface area contributed by atoms with Crippen LogP contribution in [0.5, 0.6) is 0 Å². The fourth-order valence-electron chi connectivity index (χ4n) is 2.15. The summed E-state index contributed by atoms with van der Waals surface area (Å²) in [5, 5.41) is 2.87. The number of halogens is 1. The highest BCUT2D eigenvalue weighted by atomic mass is 79.9. The van der Waals surface area contributed by atoms with Crippen molar-refractivity contribution in [3.8, 4) is 0 Å². The highest BCUT2D eigenvalue weighted by molar-refractivity contribution is 9.10. The summed E-state index contributed by atoms with van der Waals surface area (Å²) in [7, 11) is 1.34. The SMILES string of the molecule is COC(=O)c1ccc(NC(=O)CSc2ccc(Br)cc2C)c(C)c1. The van der Waals surface area contributed by atoms with Crippen molar-refractivity contribution in [3.05, 3.63) is 57.6 Å². The fourth-order valence-corrected chi connectivity index (χ4v) is 3.44. The van der Waals surface area contributed by atoms with Crippen LogP contribution >= 0.6 is 27.7 Å². The first kappa shape index (κ1) is 18.5. The minimum Gasteiger partial charge on any atom is -0.465 e. The Kier molecular flexibility index (Phi) is 6.45. The minimum atomic E-state index is -0.391. The third-order valence-corrected chi connectivity index (χ3v) is 5.09. The number of esters is 1. The van der Waals surface area contributed by atoms with Crippen LogP contribution in [0.15, 0.2) is 45.8 Å². The lowest BCUT2D eigenvalue weighted by molar-refractivity contribution is -0.113. The van der Waals surface area contributed by atoms with Crippen LogP contribution in [0.4, 0.5) is 5.69 Å². The van der Waals surface area contributed by atoms with Crippen molar-refractivity contribution >= 4 is 45.3 Å². The van der Waals surface area contributed by atoms with Gasteiger partial charge in [0.2, 0.25) is 5.91 Å². The Hall–Kier alpha value is -1.79. The van der Waals surface area contributed by atoms with Crippen molar-refractivity contribution in [2.75, 3.05) is 18.2 Å². The van der Waals surface area contributed by atoms with Crippen molar-refractivity contribution in [1.29, 1.82) is 0 Å². The molecule has 0 radical (unpaired) electrons. The van der Waals surface area contributed by atoms with Crippen LogP contribution in [0.25, 0.3) is 0 Å². The van der Waals surface area contributed by atoms with Crippen molar-refractivity contribution in [2.24, 2.45) is 0 Å². The summed E-state index contributed by atoms with van der Waals surface area (Å²) in [6.07, 6.45) is 0. The molecule has 1 N–H and O–H groups in total. The average molecular weight is 408 g/mol. The lowest BCUT2D eigenvalue weighted by Crippen LogP contribution is -2.15. The number of carbonyl (C=O) groups is 2. The molecule has 2 aromatic carbocycles. The van der Waals surface area contributed by atoms with Gasteiger partial charge >= 0.3 is 5.97 Å². The van der Waals surface area contributed by atoms with Gasteiger partial charge in [0.1, 0.15) is 0 Å². The van der Waals surface area contributed by atoms with Gasteiger partial charge in [0.25, 0.3) is 0 Å². The van der Waals surface area contributed by atoms with Crippen LogP contribution in [0.3, 0.4) is 0 Å². The number of benzene rings is 2. The number of aryl methyl sites for hydroxylation is 2. The monoisotopic (exact) mass is 407 g/mol. The molecule has 0 bridgehead atoms. The number of hydrogen-bond donors (Lipinski definition) is 1. The Morgan fingerprint density at radius 1 is 1.12 bits per heavy atom. The summed E-state index contributed by atoms with van der Waals surface area (Å²) >= 11 is 4.92. The molecule has 0 atom stereocenters. The predicted octanol–water partition coefficient (Wildman–Crippen LogP) is 4.58. The van der Waals surface area contributed by atoms with Gasteiger partial charge in [-0.3, -0.25) is 4.79 Å². The van der Waals surface area contributed by atoms with E-state index in [9.17, 15) is 9.59 Å². The maximum atomic E-state index is 12.2. The lowest BCUT2D eigenvalue weighted by atomic mass is 10.1. The predicted molar refractivity (Wildman–Crippen MR) is 101 cm³/mol. The van der Waals surface area contributed by atoms with Gasteiger partial charge in [0.15, 0.2) is 0 Å². The number of hydrogen-bond acceptors (Lipinski definition) is 4. The fraction of sp³-hybridized carbons (Fsp3) is 0.222. The van der Waals surface area contributed by atoms with E-state index in [0.29, 0.717) is 17.0 Å². The molecule has 0 aromatic heterocycles. The van der Waals surface area contributed by atoms with Crippen molar-refractivity contribution in [3.63, 3.8) is 0 Å². The van der Waals surface area contributed by atoms with Gasteiger partial charge in [0, 0.05) is 15.1 Å². The first-order valence-corrected chi connectivity index (χ1v) is 9.06. The Bertz CT molecular complexity index is 777. The average Bonchev–Trinajstić information content (AvgIpc) is 2.55. The molecular formula is C18H18BrNO3S. The van der Waals surface area contributed by atoms with Crippen LogP contribution in [-0.2, 0) is 9.53 Å². The summed E-state index contributed by atoms with van der Waals surface area (Å²) in [6.45, 7) is 3.86. The zero-order valence-electron chi connectivity index (χ0n) is 13.7. The largest absolute Gasteiger partial charge is 0.465 e. The van der Waals surface area contributed by atoms with Gasteiger partial charge in [-0.2, -0.15) is 0 Å². The molecule has 0 spiro atoms. The Labute approximate surface area is 154 Å². The molecule has 0 fully saturated rings. The summed E-state index contributed by atoms with van der Waals surface area (Å²) in [4.78, 5) is 24.7. The number of carbonyl (C=O) groups excluding carboxylic acids is 2. The molecule has 24 heavy (non-hydrogen) atoms. The van der Waals surface area contributed by atoms with Gasteiger partial charge in [0.05, 0.1) is 18.4 Å². The van der Waals surface area contributed by atoms with Gasteiger partial charge < -0.3 is 10.1 Å². The second-order valence-corrected chi connectivity index (χ2v) is 7.20. The van der Waals surface area contributed by atoms with Gasteiger partial charge in [-0.25, -0.2) is 4.79 Å². The van der Waals surface area contributed by atoms with Gasteiger partial charge in [-0.1, -0.05) is 15.9 Å². The van der Waals surface area contributed by atoms with E-state index in [1.807, 2.05) is 32.0 Å². The third-order valence-electron chi connectivity index (χ3n) is 3.42. The highest BCUT2D eigenvalue weighted by Gasteiger charge is 2.10. The van der Waals surface area contributed by atoms with E-state index in [0.717, 1.165) is 20.5 Å². The number of anilines is 1. The number of amides is 1. The summed E-state index contributed by atoms with van der Waals surface area (Å²) < 4.78 is 5.71. The van der Waals surface area contributed by atoms with E-state index < -0.39 is 5.97 Å². The second-order valence-electron chi connectivity index (χ2n) is 5.27. The number of nitrogens with one attached hydrogen (secondary N) is 1. The van der Waals surface area contributed by atoms with Crippen LogP contribution < -0.4 is 5.32 Å². The molecule has 0 saturated heterocycles. The molecule has 0 aliphatic carbocycles. The van der Waals surface area contributed by atoms with Crippen molar-refractivity contribution < 1.29 is 14.3 Å². The Balaban J connectivity index is 1.98. The molecule has 4 nitrogen and oxygen atoms in total.